The van der Waals surface area contributed by atoms with Gasteiger partial charge in [-0.1, -0.05) is 0 Å². The van der Waals surface area contributed by atoms with Crippen molar-refractivity contribution in [2.45, 2.75) is 30.0 Å². The van der Waals surface area contributed by atoms with E-state index < -0.39 is 34.8 Å². The molecule has 0 radical (unpaired) electrons. The molecule has 128 valence electrons. The first-order valence-electron chi connectivity index (χ1n) is 6.65. The monoisotopic (exact) mass is 353 g/mol. The highest BCUT2D eigenvalue weighted by atomic mass is 32.2. The summed E-state index contributed by atoms with van der Waals surface area (Å²) in [7, 11) is -4.02. The van der Waals surface area contributed by atoms with Crippen molar-refractivity contribution in [3.8, 4) is 5.75 Å². The van der Waals surface area contributed by atoms with E-state index in [1.807, 2.05) is 0 Å². The molecular weight excluding hydrogens is 339 g/mol. The third kappa shape index (κ3) is 4.14. The molecule has 23 heavy (non-hydrogen) atoms. The van der Waals surface area contributed by atoms with Gasteiger partial charge in [0.15, 0.2) is 6.61 Å². The lowest BCUT2D eigenvalue weighted by Crippen LogP contribution is -2.40. The number of ether oxygens (including phenoxy) is 1. The van der Waals surface area contributed by atoms with Crippen molar-refractivity contribution in [3.63, 3.8) is 0 Å². The quantitative estimate of drug-likeness (QED) is 0.874. The largest absolute Gasteiger partial charge is 0.484 e. The van der Waals surface area contributed by atoms with E-state index in [4.69, 9.17) is 5.11 Å². The number of carbonyl (C=O) groups is 1. The van der Waals surface area contributed by atoms with Gasteiger partial charge < -0.3 is 9.84 Å². The van der Waals surface area contributed by atoms with Gasteiger partial charge in [0.05, 0.1) is 4.90 Å². The van der Waals surface area contributed by atoms with E-state index in [9.17, 15) is 26.4 Å². The van der Waals surface area contributed by atoms with Gasteiger partial charge in [0.25, 0.3) is 0 Å². The van der Waals surface area contributed by atoms with Crippen molar-refractivity contribution in [2.75, 3.05) is 13.2 Å². The first kappa shape index (κ1) is 17.5. The minimum atomic E-state index is -4.49. The number of carboxylic acids is 1. The van der Waals surface area contributed by atoms with Crippen LogP contribution in [-0.2, 0) is 14.8 Å². The molecule has 1 aliphatic rings. The SMILES string of the molecule is O=C(O)[C@@H]1CCCN1S(=O)(=O)c1ccc(OCC(F)(F)F)cc1. The van der Waals surface area contributed by atoms with Crippen molar-refractivity contribution in [2.24, 2.45) is 0 Å². The lowest BCUT2D eigenvalue weighted by Gasteiger charge is -2.21. The van der Waals surface area contributed by atoms with Gasteiger partial charge in [-0.15, -0.1) is 0 Å². The smallest absolute Gasteiger partial charge is 0.422 e. The van der Waals surface area contributed by atoms with E-state index in [-0.39, 0.29) is 23.6 Å². The van der Waals surface area contributed by atoms with Crippen molar-refractivity contribution >= 4 is 16.0 Å². The normalized spacial score (nSPS) is 19.7. The van der Waals surface area contributed by atoms with Crippen molar-refractivity contribution in [1.82, 2.24) is 4.31 Å². The number of carboxylic acid groups (broad SMARTS) is 1. The van der Waals surface area contributed by atoms with Crippen LogP contribution in [0.3, 0.4) is 0 Å². The molecule has 0 aromatic heterocycles. The molecule has 0 aliphatic carbocycles. The van der Waals surface area contributed by atoms with Crippen LogP contribution < -0.4 is 4.74 Å². The van der Waals surface area contributed by atoms with Gasteiger partial charge in [0.1, 0.15) is 11.8 Å². The zero-order valence-electron chi connectivity index (χ0n) is 11.8. The van der Waals surface area contributed by atoms with Crippen LogP contribution in [0.4, 0.5) is 13.2 Å². The molecular formula is C13H14F3NO5S. The number of hydrogen-bond donors (Lipinski definition) is 1. The minimum Gasteiger partial charge on any atom is -0.484 e. The second kappa shape index (κ2) is 6.36. The third-order valence-corrected chi connectivity index (χ3v) is 5.24. The van der Waals surface area contributed by atoms with Crippen LogP contribution in [0.1, 0.15) is 12.8 Å². The Morgan fingerprint density at radius 3 is 2.43 bits per heavy atom. The molecule has 0 spiro atoms. The molecule has 0 bridgehead atoms. The fraction of sp³-hybridized carbons (Fsp3) is 0.462. The maximum Gasteiger partial charge on any atom is 0.422 e. The van der Waals surface area contributed by atoms with Crippen molar-refractivity contribution in [3.05, 3.63) is 24.3 Å². The number of halogens is 3. The lowest BCUT2D eigenvalue weighted by molar-refractivity contribution is -0.153. The fourth-order valence-corrected chi connectivity index (χ4v) is 3.93. The summed E-state index contributed by atoms with van der Waals surface area (Å²) >= 11 is 0. The van der Waals surface area contributed by atoms with Crippen LogP contribution >= 0.6 is 0 Å². The summed E-state index contributed by atoms with van der Waals surface area (Å²) in [4.78, 5) is 10.9. The first-order chi connectivity index (χ1) is 10.6. The highest BCUT2D eigenvalue weighted by Gasteiger charge is 2.39. The second-order valence-corrected chi connectivity index (χ2v) is 6.88. The molecule has 2 rings (SSSR count). The van der Waals surface area contributed by atoms with E-state index in [0.29, 0.717) is 6.42 Å². The first-order valence-corrected chi connectivity index (χ1v) is 8.09. The number of alkyl halides is 3. The second-order valence-electron chi connectivity index (χ2n) is 4.99. The van der Waals surface area contributed by atoms with E-state index in [2.05, 4.69) is 4.74 Å². The zero-order chi connectivity index (χ0) is 17.3. The summed E-state index contributed by atoms with van der Waals surface area (Å²) in [6, 6.07) is 3.27. The molecule has 6 nitrogen and oxygen atoms in total. The topological polar surface area (TPSA) is 83.9 Å². The number of benzene rings is 1. The maximum absolute atomic E-state index is 12.4. The maximum atomic E-state index is 12.4. The van der Waals surface area contributed by atoms with E-state index in [1.54, 1.807) is 0 Å². The van der Waals surface area contributed by atoms with Gasteiger partial charge in [-0.3, -0.25) is 4.79 Å². The number of nitrogens with zero attached hydrogens (tertiary/aromatic N) is 1. The number of sulfonamides is 1. The Morgan fingerprint density at radius 2 is 1.91 bits per heavy atom. The molecule has 1 atom stereocenters. The summed E-state index contributed by atoms with van der Waals surface area (Å²) < 4.78 is 66.4. The molecule has 1 aromatic carbocycles. The summed E-state index contributed by atoms with van der Waals surface area (Å²) in [5, 5.41) is 9.05. The van der Waals surface area contributed by atoms with Crippen LogP contribution in [0.2, 0.25) is 0 Å². The van der Waals surface area contributed by atoms with Crippen LogP contribution in [0, 0.1) is 0 Å². The minimum absolute atomic E-state index is 0.0889. The van der Waals surface area contributed by atoms with Crippen LogP contribution in [-0.4, -0.2) is 49.2 Å². The third-order valence-electron chi connectivity index (χ3n) is 3.32. The molecule has 1 saturated heterocycles. The van der Waals surface area contributed by atoms with E-state index in [0.717, 1.165) is 28.6 Å². The van der Waals surface area contributed by atoms with Crippen LogP contribution in [0.5, 0.6) is 5.75 Å². The van der Waals surface area contributed by atoms with Crippen molar-refractivity contribution in [1.29, 1.82) is 0 Å². The predicted molar refractivity (Wildman–Crippen MR) is 72.5 cm³/mol. The number of rotatable bonds is 5. The number of aliphatic carboxylic acids is 1. The molecule has 10 heteroatoms. The average Bonchev–Trinajstić information content (AvgIpc) is 2.95. The Morgan fingerprint density at radius 1 is 1.30 bits per heavy atom. The van der Waals surface area contributed by atoms with E-state index in [1.165, 1.54) is 0 Å². The standard InChI is InChI=1S/C13H14F3NO5S/c14-13(15,16)8-22-9-3-5-10(6-4-9)23(20,21)17-7-1-2-11(17)12(18)19/h3-6,11H,1-2,7-8H2,(H,18,19)/t11-/m0/s1. The molecule has 1 heterocycles. The van der Waals surface area contributed by atoms with Gasteiger partial charge in [-0.05, 0) is 37.1 Å². The summed E-state index contributed by atoms with van der Waals surface area (Å²) in [5.41, 5.74) is 0. The summed E-state index contributed by atoms with van der Waals surface area (Å²) in [5.74, 6) is -1.35. The Balaban J connectivity index is 2.16. The average molecular weight is 353 g/mol. The molecule has 1 aliphatic heterocycles. The molecule has 1 N–H and O–H groups in total. The molecule has 1 fully saturated rings. The van der Waals surface area contributed by atoms with Gasteiger partial charge in [-0.25, -0.2) is 8.42 Å². The summed E-state index contributed by atoms with van der Waals surface area (Å²) in [6.45, 7) is -1.39. The van der Waals surface area contributed by atoms with Gasteiger partial charge in [0.2, 0.25) is 10.0 Å². The van der Waals surface area contributed by atoms with Gasteiger partial charge in [-0.2, -0.15) is 17.5 Å². The molecule has 0 unspecified atom stereocenters. The predicted octanol–water partition coefficient (Wildman–Crippen LogP) is 1.87. The molecule has 0 amide bonds. The Kier molecular flexibility index (Phi) is 4.85. The van der Waals surface area contributed by atoms with Crippen molar-refractivity contribution < 1.29 is 36.2 Å². The van der Waals surface area contributed by atoms with Crippen LogP contribution in [0.15, 0.2) is 29.2 Å². The van der Waals surface area contributed by atoms with Gasteiger partial charge >= 0.3 is 12.1 Å². The van der Waals surface area contributed by atoms with Gasteiger partial charge in [0, 0.05) is 6.54 Å². The molecule has 0 saturated carbocycles. The molecule has 1 aromatic rings. The highest BCUT2D eigenvalue weighted by molar-refractivity contribution is 7.89. The summed E-state index contributed by atoms with van der Waals surface area (Å²) in [6.07, 6.45) is -3.83. The number of hydrogen-bond acceptors (Lipinski definition) is 4. The Bertz CT molecular complexity index is 672. The Hall–Kier alpha value is -1.81. The Labute approximate surface area is 130 Å². The highest BCUT2D eigenvalue weighted by Crippen LogP contribution is 2.27. The lowest BCUT2D eigenvalue weighted by atomic mass is 10.2. The zero-order valence-corrected chi connectivity index (χ0v) is 12.6. The fourth-order valence-electron chi connectivity index (χ4n) is 2.28. The van der Waals surface area contributed by atoms with E-state index >= 15 is 0 Å². The van der Waals surface area contributed by atoms with Crippen LogP contribution in [0.25, 0.3) is 0 Å².